The lowest BCUT2D eigenvalue weighted by Crippen LogP contribution is -2.54. The molecule has 4 saturated carbocycles. The van der Waals surface area contributed by atoms with Gasteiger partial charge in [0, 0.05) is 6.21 Å². The summed E-state index contributed by atoms with van der Waals surface area (Å²) in [5.41, 5.74) is 2.11. The second-order valence-corrected chi connectivity index (χ2v) is 10.9. The van der Waals surface area contributed by atoms with E-state index < -0.39 is 0 Å². The molecule has 0 amide bonds. The molecule has 0 aromatic heterocycles. The van der Waals surface area contributed by atoms with Crippen LogP contribution in [0.25, 0.3) is 0 Å². The number of fused-ring (bicyclic) bond motifs is 5. The molecule has 0 aliphatic heterocycles. The van der Waals surface area contributed by atoms with Crippen LogP contribution < -0.4 is 0 Å². The zero-order chi connectivity index (χ0) is 19.4. The standard InChI is InChI=1S/C26H37NO/c1-25-14-12-20(28)16-19(25)8-9-21-22-10-11-24(26(22,2)15-13-23(21)25)27-17-18-6-4-3-5-7-18/h3-7,17,19-24,28H,8-16H2,1-2H3/t19-,20-,21+,22+,23+,24-,25-,26-/m0/s1. The molecule has 0 saturated heterocycles. The summed E-state index contributed by atoms with van der Waals surface area (Å²) in [7, 11) is 0. The monoisotopic (exact) mass is 379 g/mol. The molecule has 0 spiro atoms. The highest BCUT2D eigenvalue weighted by Gasteiger charge is 2.60. The summed E-state index contributed by atoms with van der Waals surface area (Å²) >= 11 is 0. The molecule has 5 rings (SSSR count). The van der Waals surface area contributed by atoms with Crippen molar-refractivity contribution < 1.29 is 5.11 Å². The van der Waals surface area contributed by atoms with E-state index in [-0.39, 0.29) is 6.10 Å². The van der Waals surface area contributed by atoms with Gasteiger partial charge in [0.15, 0.2) is 0 Å². The van der Waals surface area contributed by atoms with Gasteiger partial charge in [-0.15, -0.1) is 0 Å². The number of aliphatic imine (C=N–C) groups is 1. The van der Waals surface area contributed by atoms with Gasteiger partial charge in [0.25, 0.3) is 0 Å². The molecule has 4 aliphatic carbocycles. The lowest BCUT2D eigenvalue weighted by Gasteiger charge is -2.60. The lowest BCUT2D eigenvalue weighted by molar-refractivity contribution is -0.122. The first-order valence-corrected chi connectivity index (χ1v) is 11.8. The Balaban J connectivity index is 1.36. The van der Waals surface area contributed by atoms with Crippen LogP contribution in [0.4, 0.5) is 0 Å². The van der Waals surface area contributed by atoms with Crippen molar-refractivity contribution >= 4 is 6.21 Å². The Kier molecular flexibility index (Phi) is 4.69. The Morgan fingerprint density at radius 1 is 0.893 bits per heavy atom. The van der Waals surface area contributed by atoms with Gasteiger partial charge in [0.1, 0.15) is 0 Å². The smallest absolute Gasteiger partial charge is 0.0556 e. The minimum atomic E-state index is -0.0355. The molecule has 152 valence electrons. The first-order chi connectivity index (χ1) is 13.5. The van der Waals surface area contributed by atoms with E-state index in [2.05, 4.69) is 50.4 Å². The molecule has 1 N–H and O–H groups in total. The summed E-state index contributed by atoms with van der Waals surface area (Å²) in [4.78, 5) is 5.14. The molecule has 1 aromatic rings. The second-order valence-electron chi connectivity index (χ2n) is 10.9. The number of aliphatic hydroxyl groups excluding tert-OH is 1. The van der Waals surface area contributed by atoms with Gasteiger partial charge >= 0.3 is 0 Å². The summed E-state index contributed by atoms with van der Waals surface area (Å²) in [6.07, 6.45) is 13.6. The fourth-order valence-electron chi connectivity index (χ4n) is 8.17. The third kappa shape index (κ3) is 2.90. The van der Waals surface area contributed by atoms with Gasteiger partial charge < -0.3 is 5.11 Å². The van der Waals surface area contributed by atoms with Gasteiger partial charge in [-0.1, -0.05) is 44.2 Å². The molecule has 28 heavy (non-hydrogen) atoms. The molecule has 8 atom stereocenters. The maximum atomic E-state index is 10.2. The van der Waals surface area contributed by atoms with Crippen molar-refractivity contribution in [3.05, 3.63) is 35.9 Å². The van der Waals surface area contributed by atoms with Gasteiger partial charge in [-0.3, -0.25) is 4.99 Å². The summed E-state index contributed by atoms with van der Waals surface area (Å²) in [6.45, 7) is 5.15. The van der Waals surface area contributed by atoms with Crippen molar-refractivity contribution in [1.82, 2.24) is 0 Å². The Morgan fingerprint density at radius 2 is 1.64 bits per heavy atom. The van der Waals surface area contributed by atoms with Gasteiger partial charge in [-0.25, -0.2) is 0 Å². The Bertz CT molecular complexity index is 729. The Hall–Kier alpha value is -1.15. The fraction of sp³-hybridized carbons (Fsp3) is 0.731. The minimum absolute atomic E-state index is 0.0355. The lowest BCUT2D eigenvalue weighted by atomic mass is 9.45. The predicted octanol–water partition coefficient (Wildman–Crippen LogP) is 5.88. The highest BCUT2D eigenvalue weighted by molar-refractivity contribution is 5.79. The first-order valence-electron chi connectivity index (χ1n) is 11.8. The third-order valence-electron chi connectivity index (χ3n) is 9.79. The van der Waals surface area contributed by atoms with Gasteiger partial charge in [-0.2, -0.15) is 0 Å². The van der Waals surface area contributed by atoms with Crippen molar-refractivity contribution in [2.75, 3.05) is 0 Å². The van der Waals surface area contributed by atoms with Crippen LogP contribution in [0, 0.1) is 34.5 Å². The summed E-state index contributed by atoms with van der Waals surface area (Å²) in [5, 5.41) is 10.2. The number of benzene rings is 1. The van der Waals surface area contributed by atoms with Crippen LogP contribution >= 0.6 is 0 Å². The van der Waals surface area contributed by atoms with E-state index in [9.17, 15) is 5.11 Å². The second kappa shape index (κ2) is 6.97. The zero-order valence-electron chi connectivity index (χ0n) is 17.7. The van der Waals surface area contributed by atoms with Crippen molar-refractivity contribution in [2.24, 2.45) is 39.5 Å². The number of hydrogen-bond donors (Lipinski definition) is 1. The molecule has 4 aliphatic rings. The number of hydrogen-bond acceptors (Lipinski definition) is 2. The molecule has 2 nitrogen and oxygen atoms in total. The van der Waals surface area contributed by atoms with Crippen LogP contribution in [0.3, 0.4) is 0 Å². The SMILES string of the molecule is C[C@]12CC[C@H](O)C[C@@H]1CC[C@H]1[C@H]2CC[C@]2(C)[C@@H](N=Cc3ccccc3)CC[C@H]12. The van der Waals surface area contributed by atoms with Crippen LogP contribution in [0.15, 0.2) is 35.3 Å². The fourth-order valence-corrected chi connectivity index (χ4v) is 8.17. The van der Waals surface area contributed by atoms with Crippen molar-refractivity contribution in [2.45, 2.75) is 83.8 Å². The quantitative estimate of drug-likeness (QED) is 0.640. The molecular formula is C26H37NO. The van der Waals surface area contributed by atoms with E-state index in [4.69, 9.17) is 4.99 Å². The van der Waals surface area contributed by atoms with E-state index in [1.165, 1.54) is 50.5 Å². The van der Waals surface area contributed by atoms with Gasteiger partial charge in [-0.05, 0) is 97.9 Å². The minimum Gasteiger partial charge on any atom is -0.393 e. The third-order valence-corrected chi connectivity index (χ3v) is 9.79. The number of nitrogens with zero attached hydrogens (tertiary/aromatic N) is 1. The average molecular weight is 380 g/mol. The molecule has 0 bridgehead atoms. The maximum absolute atomic E-state index is 10.2. The topological polar surface area (TPSA) is 32.6 Å². The van der Waals surface area contributed by atoms with E-state index >= 15 is 0 Å². The number of rotatable bonds is 2. The number of aliphatic hydroxyl groups is 1. The van der Waals surface area contributed by atoms with Crippen LogP contribution in [0.5, 0.6) is 0 Å². The van der Waals surface area contributed by atoms with Crippen LogP contribution in [0.2, 0.25) is 0 Å². The van der Waals surface area contributed by atoms with E-state index in [0.717, 1.165) is 36.5 Å². The van der Waals surface area contributed by atoms with Gasteiger partial charge in [0.05, 0.1) is 12.1 Å². The van der Waals surface area contributed by atoms with Crippen LogP contribution in [0.1, 0.15) is 77.2 Å². The largest absolute Gasteiger partial charge is 0.393 e. The summed E-state index contributed by atoms with van der Waals surface area (Å²) < 4.78 is 0. The summed E-state index contributed by atoms with van der Waals surface area (Å²) in [6, 6.07) is 11.1. The zero-order valence-corrected chi connectivity index (χ0v) is 17.7. The summed E-state index contributed by atoms with van der Waals surface area (Å²) in [5.74, 6) is 3.39. The Morgan fingerprint density at radius 3 is 2.46 bits per heavy atom. The normalized spacial score (nSPS) is 48.1. The van der Waals surface area contributed by atoms with Crippen LogP contribution in [-0.4, -0.2) is 23.5 Å². The highest BCUT2D eigenvalue weighted by Crippen LogP contribution is 2.66. The molecule has 2 heteroatoms. The molecule has 0 radical (unpaired) electrons. The molecule has 0 unspecified atom stereocenters. The average Bonchev–Trinajstić information content (AvgIpc) is 3.04. The molecule has 4 fully saturated rings. The first kappa shape index (κ1) is 18.9. The molecular weight excluding hydrogens is 342 g/mol. The van der Waals surface area contributed by atoms with Crippen molar-refractivity contribution in [1.29, 1.82) is 0 Å². The molecule has 1 aromatic carbocycles. The maximum Gasteiger partial charge on any atom is 0.0556 e. The van der Waals surface area contributed by atoms with Gasteiger partial charge in [0.2, 0.25) is 0 Å². The Labute approximate surface area is 170 Å². The van der Waals surface area contributed by atoms with E-state index in [1.807, 2.05) is 0 Å². The van der Waals surface area contributed by atoms with E-state index in [1.54, 1.807) is 0 Å². The van der Waals surface area contributed by atoms with Crippen molar-refractivity contribution in [3.63, 3.8) is 0 Å². The van der Waals surface area contributed by atoms with Crippen LogP contribution in [-0.2, 0) is 0 Å². The van der Waals surface area contributed by atoms with Crippen molar-refractivity contribution in [3.8, 4) is 0 Å². The van der Waals surface area contributed by atoms with E-state index in [0.29, 0.717) is 16.9 Å². The highest BCUT2D eigenvalue weighted by atomic mass is 16.3. The predicted molar refractivity (Wildman–Crippen MR) is 116 cm³/mol. The molecule has 0 heterocycles.